The van der Waals surface area contributed by atoms with E-state index in [4.69, 9.17) is 13.3 Å². The van der Waals surface area contributed by atoms with Crippen LogP contribution in [0.5, 0.6) is 0 Å². The molecule has 0 saturated heterocycles. The molecule has 0 aliphatic rings. The van der Waals surface area contributed by atoms with E-state index < -0.39 is 8.80 Å². The summed E-state index contributed by atoms with van der Waals surface area (Å²) in [5.41, 5.74) is 0. The topological polar surface area (TPSA) is 27.7 Å². The molecule has 0 aromatic rings. The first-order valence-electron chi connectivity index (χ1n) is 5.15. The maximum atomic E-state index is 5.38. The van der Waals surface area contributed by atoms with Crippen molar-refractivity contribution >= 4 is 8.80 Å². The summed E-state index contributed by atoms with van der Waals surface area (Å²) >= 11 is 0. The zero-order valence-electron chi connectivity index (χ0n) is 10.3. The van der Waals surface area contributed by atoms with Crippen LogP contribution in [-0.4, -0.2) is 30.1 Å². The van der Waals surface area contributed by atoms with Crippen LogP contribution in [0.4, 0.5) is 0 Å². The van der Waals surface area contributed by atoms with Gasteiger partial charge in [-0.15, -0.1) is 0 Å². The van der Waals surface area contributed by atoms with Crippen LogP contribution in [-0.2, 0) is 13.3 Å². The molecule has 0 saturated carbocycles. The average molecular weight is 220 g/mol. The highest BCUT2D eigenvalue weighted by molar-refractivity contribution is 6.60. The summed E-state index contributed by atoms with van der Waals surface area (Å²) in [6.07, 6.45) is 1.19. The molecular formula is C10H24O3Si. The lowest BCUT2D eigenvalue weighted by atomic mass is 10.0. The first-order chi connectivity index (χ1) is 6.49. The second-order valence-electron chi connectivity index (χ2n) is 4.23. The molecule has 0 N–H and O–H groups in total. The van der Waals surface area contributed by atoms with Crippen LogP contribution >= 0.6 is 0 Å². The van der Waals surface area contributed by atoms with Crippen LogP contribution in [0, 0.1) is 11.8 Å². The second kappa shape index (κ2) is 6.56. The van der Waals surface area contributed by atoms with Crippen molar-refractivity contribution in [2.24, 2.45) is 11.8 Å². The van der Waals surface area contributed by atoms with Gasteiger partial charge in [-0.1, -0.05) is 20.8 Å². The minimum Gasteiger partial charge on any atom is -0.377 e. The molecule has 0 radical (unpaired) electrons. The van der Waals surface area contributed by atoms with E-state index in [0.717, 1.165) is 6.04 Å². The summed E-state index contributed by atoms with van der Waals surface area (Å²) in [4.78, 5) is 0. The van der Waals surface area contributed by atoms with Crippen LogP contribution in [0.15, 0.2) is 0 Å². The Morgan fingerprint density at radius 3 is 1.64 bits per heavy atom. The van der Waals surface area contributed by atoms with E-state index in [1.54, 1.807) is 21.3 Å². The third-order valence-electron chi connectivity index (χ3n) is 2.41. The van der Waals surface area contributed by atoms with Crippen LogP contribution in [0.1, 0.15) is 27.2 Å². The van der Waals surface area contributed by atoms with Gasteiger partial charge in [0.25, 0.3) is 0 Å². The van der Waals surface area contributed by atoms with E-state index in [2.05, 4.69) is 20.8 Å². The lowest BCUT2D eigenvalue weighted by Crippen LogP contribution is -2.44. The van der Waals surface area contributed by atoms with Gasteiger partial charge in [0, 0.05) is 27.4 Å². The Morgan fingerprint density at radius 1 is 0.929 bits per heavy atom. The molecule has 0 heterocycles. The number of hydrogen-bond acceptors (Lipinski definition) is 3. The minimum absolute atomic E-state index is 0.585. The fourth-order valence-electron chi connectivity index (χ4n) is 1.81. The molecule has 1 atom stereocenters. The SMILES string of the molecule is CO[Si](CC(C)CC(C)C)(OC)OC. The third-order valence-corrected chi connectivity index (χ3v) is 5.47. The summed E-state index contributed by atoms with van der Waals surface area (Å²) in [6, 6.07) is 0.898. The maximum absolute atomic E-state index is 5.38. The maximum Gasteiger partial charge on any atom is 0.500 e. The molecule has 86 valence electrons. The first-order valence-corrected chi connectivity index (χ1v) is 7.08. The highest BCUT2D eigenvalue weighted by Crippen LogP contribution is 2.23. The molecule has 0 aliphatic heterocycles. The molecule has 0 aromatic heterocycles. The molecule has 0 amide bonds. The van der Waals surface area contributed by atoms with Gasteiger partial charge in [-0.2, -0.15) is 0 Å². The Hall–Kier alpha value is 0.0969. The second-order valence-corrected chi connectivity index (χ2v) is 7.23. The Balaban J connectivity index is 4.15. The van der Waals surface area contributed by atoms with Gasteiger partial charge in [-0.3, -0.25) is 0 Å². The minimum atomic E-state index is -2.35. The zero-order valence-corrected chi connectivity index (χ0v) is 11.3. The van der Waals surface area contributed by atoms with Crippen molar-refractivity contribution < 1.29 is 13.3 Å². The summed E-state index contributed by atoms with van der Waals surface area (Å²) in [5.74, 6) is 1.30. The normalized spacial score (nSPS) is 14.8. The molecule has 0 fully saturated rings. The highest BCUT2D eigenvalue weighted by Gasteiger charge is 2.39. The molecule has 0 bridgehead atoms. The largest absolute Gasteiger partial charge is 0.500 e. The fourth-order valence-corrected chi connectivity index (χ4v) is 3.84. The van der Waals surface area contributed by atoms with E-state index in [9.17, 15) is 0 Å². The average Bonchev–Trinajstić information content (AvgIpc) is 2.13. The van der Waals surface area contributed by atoms with Gasteiger partial charge in [-0.25, -0.2) is 0 Å². The fraction of sp³-hybridized carbons (Fsp3) is 1.00. The van der Waals surface area contributed by atoms with E-state index in [0.29, 0.717) is 11.8 Å². The Labute approximate surface area is 89.1 Å². The van der Waals surface area contributed by atoms with E-state index >= 15 is 0 Å². The standard InChI is InChI=1S/C10H24O3Si/c1-9(2)7-10(3)8-14(11-4,12-5)13-6/h9-10H,7-8H2,1-6H3. The van der Waals surface area contributed by atoms with Crippen LogP contribution in [0.2, 0.25) is 6.04 Å². The van der Waals surface area contributed by atoms with E-state index in [1.165, 1.54) is 6.42 Å². The van der Waals surface area contributed by atoms with E-state index in [-0.39, 0.29) is 0 Å². The van der Waals surface area contributed by atoms with Crippen molar-refractivity contribution in [3.05, 3.63) is 0 Å². The predicted octanol–water partition coefficient (Wildman–Crippen LogP) is 2.55. The van der Waals surface area contributed by atoms with Crippen molar-refractivity contribution in [3.8, 4) is 0 Å². The first kappa shape index (κ1) is 14.1. The van der Waals surface area contributed by atoms with Gasteiger partial charge in [0.15, 0.2) is 0 Å². The summed E-state index contributed by atoms with van der Waals surface area (Å²) in [5, 5.41) is 0. The third kappa shape index (κ3) is 4.55. The number of hydrogen-bond donors (Lipinski definition) is 0. The Bertz CT molecular complexity index is 138. The molecule has 0 rings (SSSR count). The van der Waals surface area contributed by atoms with Gasteiger partial charge >= 0.3 is 8.80 Å². The summed E-state index contributed by atoms with van der Waals surface area (Å²) in [6.45, 7) is 6.68. The lowest BCUT2D eigenvalue weighted by Gasteiger charge is -2.27. The quantitative estimate of drug-likeness (QED) is 0.617. The van der Waals surface area contributed by atoms with Gasteiger partial charge < -0.3 is 13.3 Å². The lowest BCUT2D eigenvalue weighted by molar-refractivity contribution is 0.117. The molecule has 4 heteroatoms. The summed E-state index contributed by atoms with van der Waals surface area (Å²) < 4.78 is 16.1. The summed E-state index contributed by atoms with van der Waals surface area (Å²) in [7, 11) is 2.66. The van der Waals surface area contributed by atoms with Crippen molar-refractivity contribution in [3.63, 3.8) is 0 Å². The van der Waals surface area contributed by atoms with Crippen LogP contribution in [0.25, 0.3) is 0 Å². The zero-order chi connectivity index (χ0) is 11.2. The number of rotatable bonds is 7. The van der Waals surface area contributed by atoms with Gasteiger partial charge in [-0.05, 0) is 18.3 Å². The molecule has 1 unspecified atom stereocenters. The molecule has 3 nitrogen and oxygen atoms in total. The van der Waals surface area contributed by atoms with Crippen molar-refractivity contribution in [1.82, 2.24) is 0 Å². The van der Waals surface area contributed by atoms with Crippen molar-refractivity contribution in [2.45, 2.75) is 33.2 Å². The Kier molecular flexibility index (Phi) is 6.60. The molecule has 0 spiro atoms. The van der Waals surface area contributed by atoms with Gasteiger partial charge in [0.1, 0.15) is 0 Å². The molecule has 14 heavy (non-hydrogen) atoms. The van der Waals surface area contributed by atoms with Gasteiger partial charge in [0.2, 0.25) is 0 Å². The van der Waals surface area contributed by atoms with Gasteiger partial charge in [0.05, 0.1) is 0 Å². The predicted molar refractivity (Wildman–Crippen MR) is 60.2 cm³/mol. The monoisotopic (exact) mass is 220 g/mol. The van der Waals surface area contributed by atoms with Crippen molar-refractivity contribution in [2.75, 3.05) is 21.3 Å². The van der Waals surface area contributed by atoms with E-state index in [1.807, 2.05) is 0 Å². The molecular weight excluding hydrogens is 196 g/mol. The van der Waals surface area contributed by atoms with Crippen molar-refractivity contribution in [1.29, 1.82) is 0 Å². The molecule has 0 aromatic carbocycles. The highest BCUT2D eigenvalue weighted by atomic mass is 28.4. The molecule has 0 aliphatic carbocycles. The van der Waals surface area contributed by atoms with Crippen LogP contribution < -0.4 is 0 Å². The Morgan fingerprint density at radius 2 is 1.36 bits per heavy atom. The smallest absolute Gasteiger partial charge is 0.377 e. The van der Waals surface area contributed by atoms with Crippen LogP contribution in [0.3, 0.4) is 0 Å².